The molecule has 0 aromatic heterocycles. The zero-order valence-corrected chi connectivity index (χ0v) is 11.3. The second kappa shape index (κ2) is 7.38. The van der Waals surface area contributed by atoms with Crippen LogP contribution in [-0.4, -0.2) is 12.4 Å². The summed E-state index contributed by atoms with van der Waals surface area (Å²) in [6, 6.07) is 6.42. The van der Waals surface area contributed by atoms with Crippen molar-refractivity contribution in [1.29, 1.82) is 0 Å². The van der Waals surface area contributed by atoms with Gasteiger partial charge in [-0.1, -0.05) is 32.4 Å². The maximum Gasteiger partial charge on any atom is 0.573 e. The summed E-state index contributed by atoms with van der Waals surface area (Å²) >= 11 is 0. The third-order valence-electron chi connectivity index (χ3n) is 2.88. The van der Waals surface area contributed by atoms with Gasteiger partial charge in [-0.2, -0.15) is 0 Å². The molecule has 0 saturated heterocycles. The predicted octanol–water partition coefficient (Wildman–Crippen LogP) is 4.25. The van der Waals surface area contributed by atoms with Crippen molar-refractivity contribution in [2.24, 2.45) is 0 Å². The van der Waals surface area contributed by atoms with Crippen LogP contribution >= 0.6 is 0 Å². The topological polar surface area (TPSA) is 21.3 Å². The van der Waals surface area contributed by atoms with E-state index >= 15 is 0 Å². The number of nitrogens with one attached hydrogen (secondary N) is 1. The monoisotopic (exact) mass is 275 g/mol. The standard InChI is InChI=1S/C14H20F3NO/c1-3-5-12(4-2)18-10-11-6-8-13(9-7-11)19-14(15,16)17/h6-9,12,18H,3-5,10H2,1-2H3. The molecule has 1 rings (SSSR count). The van der Waals surface area contributed by atoms with Gasteiger partial charge >= 0.3 is 6.36 Å². The van der Waals surface area contributed by atoms with Gasteiger partial charge in [-0.05, 0) is 30.5 Å². The molecule has 19 heavy (non-hydrogen) atoms. The molecule has 0 radical (unpaired) electrons. The maximum atomic E-state index is 12.0. The third-order valence-corrected chi connectivity index (χ3v) is 2.88. The average Bonchev–Trinajstić information content (AvgIpc) is 2.34. The summed E-state index contributed by atoms with van der Waals surface area (Å²) in [5, 5.41) is 3.39. The fourth-order valence-electron chi connectivity index (χ4n) is 1.87. The van der Waals surface area contributed by atoms with Crippen molar-refractivity contribution in [3.05, 3.63) is 29.8 Å². The molecule has 1 aromatic rings. The van der Waals surface area contributed by atoms with Crippen molar-refractivity contribution < 1.29 is 17.9 Å². The molecule has 2 nitrogen and oxygen atoms in total. The summed E-state index contributed by atoms with van der Waals surface area (Å²) in [5.41, 5.74) is 0.948. The quantitative estimate of drug-likeness (QED) is 0.803. The highest BCUT2D eigenvalue weighted by Gasteiger charge is 2.30. The van der Waals surface area contributed by atoms with Crippen molar-refractivity contribution in [3.63, 3.8) is 0 Å². The first kappa shape index (κ1) is 15.8. The predicted molar refractivity (Wildman–Crippen MR) is 69.0 cm³/mol. The van der Waals surface area contributed by atoms with Gasteiger partial charge in [0.15, 0.2) is 0 Å². The average molecular weight is 275 g/mol. The molecule has 1 N–H and O–H groups in total. The summed E-state index contributed by atoms with van der Waals surface area (Å²) in [4.78, 5) is 0. The van der Waals surface area contributed by atoms with E-state index in [1.54, 1.807) is 12.1 Å². The molecule has 108 valence electrons. The minimum atomic E-state index is -4.63. The van der Waals surface area contributed by atoms with Crippen molar-refractivity contribution in [2.45, 2.75) is 52.1 Å². The number of halogens is 3. The lowest BCUT2D eigenvalue weighted by Gasteiger charge is -2.16. The zero-order valence-electron chi connectivity index (χ0n) is 11.3. The highest BCUT2D eigenvalue weighted by Crippen LogP contribution is 2.22. The van der Waals surface area contributed by atoms with E-state index in [0.29, 0.717) is 12.6 Å². The Kier molecular flexibility index (Phi) is 6.15. The molecule has 1 atom stereocenters. The van der Waals surface area contributed by atoms with Gasteiger partial charge in [0.25, 0.3) is 0 Å². The van der Waals surface area contributed by atoms with Gasteiger partial charge in [0.05, 0.1) is 0 Å². The van der Waals surface area contributed by atoms with Gasteiger partial charge in [0.2, 0.25) is 0 Å². The van der Waals surface area contributed by atoms with Crippen LogP contribution in [0.15, 0.2) is 24.3 Å². The molecular weight excluding hydrogens is 255 g/mol. The maximum absolute atomic E-state index is 12.0. The lowest BCUT2D eigenvalue weighted by Crippen LogP contribution is -2.27. The summed E-state index contributed by atoms with van der Waals surface area (Å²) < 4.78 is 39.8. The summed E-state index contributed by atoms with van der Waals surface area (Å²) in [5.74, 6) is -0.183. The van der Waals surface area contributed by atoms with Crippen LogP contribution in [0.1, 0.15) is 38.7 Å². The van der Waals surface area contributed by atoms with E-state index in [9.17, 15) is 13.2 Å². The number of ether oxygens (including phenoxy) is 1. The first-order valence-electron chi connectivity index (χ1n) is 6.52. The van der Waals surface area contributed by atoms with Gasteiger partial charge in [0.1, 0.15) is 5.75 Å². The van der Waals surface area contributed by atoms with Crippen LogP contribution in [0.3, 0.4) is 0 Å². The second-order valence-electron chi connectivity index (χ2n) is 4.47. The smallest absolute Gasteiger partial charge is 0.406 e. The Balaban J connectivity index is 2.48. The number of alkyl halides is 3. The van der Waals surface area contributed by atoms with Gasteiger partial charge < -0.3 is 10.1 Å². The van der Waals surface area contributed by atoms with Gasteiger partial charge in [-0.15, -0.1) is 13.2 Å². The summed E-state index contributed by atoms with van der Waals surface area (Å²) in [7, 11) is 0. The van der Waals surface area contributed by atoms with E-state index in [-0.39, 0.29) is 5.75 Å². The highest BCUT2D eigenvalue weighted by atomic mass is 19.4. The fraction of sp³-hybridized carbons (Fsp3) is 0.571. The van der Waals surface area contributed by atoms with Crippen molar-refractivity contribution >= 4 is 0 Å². The second-order valence-corrected chi connectivity index (χ2v) is 4.47. The van der Waals surface area contributed by atoms with E-state index in [0.717, 1.165) is 24.8 Å². The molecular formula is C14H20F3NO. The Morgan fingerprint density at radius 2 is 1.79 bits per heavy atom. The van der Waals surface area contributed by atoms with Crippen LogP contribution in [-0.2, 0) is 6.54 Å². The number of hydrogen-bond donors (Lipinski definition) is 1. The molecule has 0 saturated carbocycles. The van der Waals surface area contributed by atoms with Gasteiger partial charge in [-0.25, -0.2) is 0 Å². The number of hydrogen-bond acceptors (Lipinski definition) is 2. The largest absolute Gasteiger partial charge is 0.573 e. The van der Waals surface area contributed by atoms with Crippen LogP contribution in [0.2, 0.25) is 0 Å². The molecule has 0 aliphatic carbocycles. The van der Waals surface area contributed by atoms with Crippen LogP contribution in [0.25, 0.3) is 0 Å². The van der Waals surface area contributed by atoms with Crippen molar-refractivity contribution in [3.8, 4) is 5.75 Å². The molecule has 0 amide bonds. The van der Waals surface area contributed by atoms with E-state index in [1.807, 2.05) is 0 Å². The van der Waals surface area contributed by atoms with Crippen molar-refractivity contribution in [1.82, 2.24) is 5.32 Å². The Bertz CT molecular complexity index is 362. The van der Waals surface area contributed by atoms with E-state index < -0.39 is 6.36 Å². The van der Waals surface area contributed by atoms with Crippen LogP contribution in [0.4, 0.5) is 13.2 Å². The summed E-state index contributed by atoms with van der Waals surface area (Å²) in [6.45, 7) is 4.91. The zero-order chi connectivity index (χ0) is 14.3. The Hall–Kier alpha value is -1.23. The van der Waals surface area contributed by atoms with Crippen LogP contribution in [0, 0.1) is 0 Å². The Labute approximate surface area is 112 Å². The van der Waals surface area contributed by atoms with Gasteiger partial charge in [0, 0.05) is 12.6 Å². The number of rotatable bonds is 7. The molecule has 1 unspecified atom stereocenters. The Morgan fingerprint density at radius 3 is 2.26 bits per heavy atom. The van der Waals surface area contributed by atoms with Crippen molar-refractivity contribution in [2.75, 3.05) is 0 Å². The van der Waals surface area contributed by atoms with Gasteiger partial charge in [-0.3, -0.25) is 0 Å². The lowest BCUT2D eigenvalue weighted by atomic mass is 10.1. The summed E-state index contributed by atoms with van der Waals surface area (Å²) in [6.07, 6.45) is -1.37. The SMILES string of the molecule is CCCC(CC)NCc1ccc(OC(F)(F)F)cc1. The normalized spacial score (nSPS) is 13.3. The molecule has 0 aliphatic heterocycles. The molecule has 0 fully saturated rings. The Morgan fingerprint density at radius 1 is 1.16 bits per heavy atom. The fourth-order valence-corrected chi connectivity index (χ4v) is 1.87. The molecule has 1 aromatic carbocycles. The van der Waals surface area contributed by atoms with Crippen LogP contribution < -0.4 is 10.1 Å². The molecule has 0 aliphatic rings. The van der Waals surface area contributed by atoms with E-state index in [4.69, 9.17) is 0 Å². The molecule has 0 heterocycles. The minimum absolute atomic E-state index is 0.183. The van der Waals surface area contributed by atoms with E-state index in [1.165, 1.54) is 12.1 Å². The highest BCUT2D eigenvalue weighted by molar-refractivity contribution is 5.27. The third kappa shape index (κ3) is 6.47. The first-order chi connectivity index (χ1) is 8.94. The lowest BCUT2D eigenvalue weighted by molar-refractivity contribution is -0.274. The molecule has 5 heteroatoms. The molecule has 0 bridgehead atoms. The van der Waals surface area contributed by atoms with E-state index in [2.05, 4.69) is 23.9 Å². The first-order valence-corrected chi connectivity index (χ1v) is 6.52. The van der Waals surface area contributed by atoms with Crippen LogP contribution in [0.5, 0.6) is 5.75 Å². The number of benzene rings is 1. The minimum Gasteiger partial charge on any atom is -0.406 e. The molecule has 0 spiro atoms.